The Balaban J connectivity index is 2.50. The second-order valence-electron chi connectivity index (χ2n) is 8.83. The summed E-state index contributed by atoms with van der Waals surface area (Å²) in [6.45, 7) is 14.1. The molecule has 0 fully saturated rings. The fraction of sp³-hybridized carbons (Fsp3) is 0.692. The molecule has 4 nitrogen and oxygen atoms in total. The van der Waals surface area contributed by atoms with Crippen LogP contribution in [0.2, 0.25) is 0 Å². The molecule has 0 saturated carbocycles. The predicted octanol–water partition coefficient (Wildman–Crippen LogP) is 6.93. The first-order chi connectivity index (χ1) is 14.3. The van der Waals surface area contributed by atoms with Crippen molar-refractivity contribution in [2.45, 2.75) is 80.1 Å². The first-order valence-corrected chi connectivity index (χ1v) is 11.7. The van der Waals surface area contributed by atoms with Crippen LogP contribution in [-0.2, 0) is 9.47 Å². The zero-order valence-electron chi connectivity index (χ0n) is 19.9. The summed E-state index contributed by atoms with van der Waals surface area (Å²) in [5, 5.41) is 0. The molecular weight excluding hydrogens is 376 g/mol. The molecule has 0 aliphatic heterocycles. The zero-order chi connectivity index (χ0) is 22.5. The number of carbonyl (C=O) groups is 2. The molecular formula is C26H42O4. The Morgan fingerprint density at radius 1 is 0.700 bits per heavy atom. The number of rotatable bonds is 14. The lowest BCUT2D eigenvalue weighted by Gasteiger charge is -2.18. The van der Waals surface area contributed by atoms with E-state index in [1.807, 2.05) is 0 Å². The molecule has 0 bridgehead atoms. The minimum absolute atomic E-state index is 0.283. The maximum Gasteiger partial charge on any atom is 0.339 e. The van der Waals surface area contributed by atoms with Gasteiger partial charge in [0.25, 0.3) is 0 Å². The third kappa shape index (κ3) is 8.89. The van der Waals surface area contributed by atoms with Gasteiger partial charge in [-0.2, -0.15) is 0 Å². The highest BCUT2D eigenvalue weighted by Crippen LogP contribution is 2.21. The molecule has 0 heterocycles. The van der Waals surface area contributed by atoms with Crippen LogP contribution in [0.25, 0.3) is 0 Å². The van der Waals surface area contributed by atoms with E-state index in [2.05, 4.69) is 41.5 Å². The van der Waals surface area contributed by atoms with Gasteiger partial charge in [0, 0.05) is 0 Å². The molecule has 4 atom stereocenters. The minimum Gasteiger partial charge on any atom is -0.462 e. The molecule has 0 aromatic heterocycles. The van der Waals surface area contributed by atoms with Gasteiger partial charge in [0.15, 0.2) is 0 Å². The highest BCUT2D eigenvalue weighted by molar-refractivity contribution is 6.03. The second-order valence-corrected chi connectivity index (χ2v) is 8.83. The van der Waals surface area contributed by atoms with Crippen molar-refractivity contribution in [1.29, 1.82) is 0 Å². The van der Waals surface area contributed by atoms with Crippen molar-refractivity contribution in [3.63, 3.8) is 0 Å². The van der Waals surface area contributed by atoms with Gasteiger partial charge in [0.1, 0.15) is 0 Å². The molecule has 0 saturated heterocycles. The Bertz CT molecular complexity index is 585. The van der Waals surface area contributed by atoms with Crippen LogP contribution < -0.4 is 0 Å². The Hall–Kier alpha value is -1.84. The number of esters is 2. The molecule has 30 heavy (non-hydrogen) atoms. The van der Waals surface area contributed by atoms with Crippen molar-refractivity contribution in [1.82, 2.24) is 0 Å². The van der Waals surface area contributed by atoms with E-state index in [1.165, 1.54) is 0 Å². The van der Waals surface area contributed by atoms with Gasteiger partial charge in [-0.05, 0) is 61.5 Å². The van der Waals surface area contributed by atoms with Crippen LogP contribution in [0.1, 0.15) is 101 Å². The van der Waals surface area contributed by atoms with Crippen molar-refractivity contribution >= 4 is 11.9 Å². The predicted molar refractivity (Wildman–Crippen MR) is 123 cm³/mol. The highest BCUT2D eigenvalue weighted by atomic mass is 16.5. The molecule has 0 aliphatic carbocycles. The van der Waals surface area contributed by atoms with E-state index in [4.69, 9.17) is 9.47 Å². The molecule has 1 rings (SSSR count). The maximum absolute atomic E-state index is 12.5. The van der Waals surface area contributed by atoms with E-state index in [9.17, 15) is 9.59 Å². The summed E-state index contributed by atoms with van der Waals surface area (Å²) in [4.78, 5) is 25.0. The van der Waals surface area contributed by atoms with Gasteiger partial charge in [-0.25, -0.2) is 9.59 Å². The van der Waals surface area contributed by atoms with E-state index in [0.29, 0.717) is 36.9 Å². The van der Waals surface area contributed by atoms with Gasteiger partial charge in [-0.1, -0.05) is 66.5 Å². The lowest BCUT2D eigenvalue weighted by Crippen LogP contribution is -2.16. The summed E-state index contributed by atoms with van der Waals surface area (Å²) in [5.74, 6) is 1.65. The van der Waals surface area contributed by atoms with Crippen molar-refractivity contribution < 1.29 is 19.1 Å². The van der Waals surface area contributed by atoms with Gasteiger partial charge in [0.2, 0.25) is 0 Å². The Labute approximate surface area is 183 Å². The van der Waals surface area contributed by atoms with Crippen LogP contribution in [0, 0.1) is 23.7 Å². The smallest absolute Gasteiger partial charge is 0.339 e. The molecule has 4 unspecified atom stereocenters. The fourth-order valence-electron chi connectivity index (χ4n) is 3.51. The Kier molecular flexibility index (Phi) is 12.4. The van der Waals surface area contributed by atoms with Gasteiger partial charge in [-0.15, -0.1) is 0 Å². The number of hydrogen-bond acceptors (Lipinski definition) is 4. The van der Waals surface area contributed by atoms with E-state index < -0.39 is 11.9 Å². The van der Waals surface area contributed by atoms with Crippen LogP contribution in [0.5, 0.6) is 0 Å². The molecule has 4 heteroatoms. The van der Waals surface area contributed by atoms with Crippen LogP contribution in [0.15, 0.2) is 24.3 Å². The molecule has 0 spiro atoms. The molecule has 0 aliphatic rings. The average molecular weight is 419 g/mol. The van der Waals surface area contributed by atoms with Gasteiger partial charge in [-0.3, -0.25) is 0 Å². The summed E-state index contributed by atoms with van der Waals surface area (Å²) < 4.78 is 10.9. The minimum atomic E-state index is -0.455. The normalized spacial score (nSPS) is 15.1. The zero-order valence-corrected chi connectivity index (χ0v) is 19.9. The summed E-state index contributed by atoms with van der Waals surface area (Å²) in [6, 6.07) is 6.75. The highest BCUT2D eigenvalue weighted by Gasteiger charge is 2.19. The first kappa shape index (κ1) is 26.2. The molecule has 0 amide bonds. The summed E-state index contributed by atoms with van der Waals surface area (Å²) in [7, 11) is 0. The third-order valence-electron chi connectivity index (χ3n) is 6.67. The van der Waals surface area contributed by atoms with Crippen molar-refractivity contribution in [2.24, 2.45) is 23.7 Å². The molecule has 0 radical (unpaired) electrons. The molecule has 170 valence electrons. The number of carbonyl (C=O) groups excluding carboxylic acids is 2. The Morgan fingerprint density at radius 3 is 1.40 bits per heavy atom. The van der Waals surface area contributed by atoms with Gasteiger partial charge in [0.05, 0.1) is 24.3 Å². The molecule has 1 aromatic carbocycles. The van der Waals surface area contributed by atoms with Crippen molar-refractivity contribution in [3.05, 3.63) is 35.4 Å². The lowest BCUT2D eigenvalue weighted by atomic mass is 9.90. The molecule has 0 N–H and O–H groups in total. The standard InChI is InChI=1S/C26H42O4/c1-7-19(3)21(5)13-11-17-29-25(27)23-15-9-10-16-24(23)26(28)30-18-12-14-22(6)20(4)8-2/h9-10,15-16,19-22H,7-8,11-14,17-18H2,1-6H3. The summed E-state index contributed by atoms with van der Waals surface area (Å²) in [5.41, 5.74) is 0.566. The molecule has 1 aromatic rings. The topological polar surface area (TPSA) is 52.6 Å². The quantitative estimate of drug-likeness (QED) is 0.243. The Morgan fingerprint density at radius 2 is 1.07 bits per heavy atom. The van der Waals surface area contributed by atoms with Crippen LogP contribution in [0.3, 0.4) is 0 Å². The van der Waals surface area contributed by atoms with Crippen LogP contribution >= 0.6 is 0 Å². The average Bonchev–Trinajstić information content (AvgIpc) is 2.77. The van der Waals surface area contributed by atoms with Crippen molar-refractivity contribution in [2.75, 3.05) is 13.2 Å². The lowest BCUT2D eigenvalue weighted by molar-refractivity contribution is 0.0444. The fourth-order valence-corrected chi connectivity index (χ4v) is 3.51. The van der Waals surface area contributed by atoms with E-state index in [1.54, 1.807) is 24.3 Å². The SMILES string of the molecule is CCC(C)C(C)CCCOC(=O)c1ccccc1C(=O)OCCCC(C)C(C)CC. The monoisotopic (exact) mass is 418 g/mol. The maximum atomic E-state index is 12.5. The largest absolute Gasteiger partial charge is 0.462 e. The van der Waals surface area contributed by atoms with Crippen LogP contribution in [-0.4, -0.2) is 25.2 Å². The van der Waals surface area contributed by atoms with Gasteiger partial charge < -0.3 is 9.47 Å². The number of hydrogen-bond donors (Lipinski definition) is 0. The third-order valence-corrected chi connectivity index (χ3v) is 6.67. The number of ether oxygens (including phenoxy) is 2. The van der Waals surface area contributed by atoms with Crippen LogP contribution in [0.4, 0.5) is 0 Å². The summed E-state index contributed by atoms with van der Waals surface area (Å²) in [6.07, 6.45) is 6.04. The first-order valence-electron chi connectivity index (χ1n) is 11.7. The van der Waals surface area contributed by atoms with E-state index in [-0.39, 0.29) is 11.1 Å². The second kappa shape index (κ2) is 14.2. The number of benzene rings is 1. The van der Waals surface area contributed by atoms with E-state index >= 15 is 0 Å². The van der Waals surface area contributed by atoms with Gasteiger partial charge >= 0.3 is 11.9 Å². The van der Waals surface area contributed by atoms with E-state index in [0.717, 1.165) is 38.5 Å². The summed E-state index contributed by atoms with van der Waals surface area (Å²) >= 11 is 0. The van der Waals surface area contributed by atoms with Crippen molar-refractivity contribution in [3.8, 4) is 0 Å².